The van der Waals surface area contributed by atoms with Crippen molar-refractivity contribution >= 4 is 23.2 Å². The Morgan fingerprint density at radius 1 is 1.10 bits per heavy atom. The number of rotatable bonds is 1. The number of hydrogen-bond acceptors (Lipinski definition) is 4. The third-order valence-electron chi connectivity index (χ3n) is 3.55. The van der Waals surface area contributed by atoms with Gasteiger partial charge in [0, 0.05) is 11.9 Å². The maximum atomic E-state index is 12.4. The van der Waals surface area contributed by atoms with Crippen LogP contribution in [0.15, 0.2) is 30.5 Å². The lowest BCUT2D eigenvalue weighted by Gasteiger charge is -2.20. The van der Waals surface area contributed by atoms with E-state index in [0.717, 1.165) is 11.1 Å². The van der Waals surface area contributed by atoms with Crippen molar-refractivity contribution in [2.24, 2.45) is 0 Å². The van der Waals surface area contributed by atoms with E-state index < -0.39 is 5.91 Å². The van der Waals surface area contributed by atoms with Gasteiger partial charge in [0.2, 0.25) is 0 Å². The Hall–Kier alpha value is -2.69. The van der Waals surface area contributed by atoms with Crippen molar-refractivity contribution in [3.05, 3.63) is 52.8 Å². The number of nitrogen functional groups attached to an aromatic ring is 1. The smallest absolute Gasteiger partial charge is 0.284 e. The van der Waals surface area contributed by atoms with Crippen molar-refractivity contribution < 1.29 is 9.59 Å². The Morgan fingerprint density at radius 3 is 2.55 bits per heavy atom. The lowest BCUT2D eigenvalue weighted by molar-refractivity contribution is 0.0924. The topological polar surface area (TPSA) is 76.3 Å². The fourth-order valence-corrected chi connectivity index (χ4v) is 2.47. The first-order chi connectivity index (χ1) is 9.52. The fraction of sp³-hybridized carbons (Fsp3) is 0.133. The molecule has 0 unspecified atom stereocenters. The minimum absolute atomic E-state index is 0.193. The molecule has 0 radical (unpaired) electrons. The van der Waals surface area contributed by atoms with Crippen molar-refractivity contribution in [3.63, 3.8) is 0 Å². The number of nitrogens with two attached hydrogens (primary N) is 1. The molecule has 20 heavy (non-hydrogen) atoms. The van der Waals surface area contributed by atoms with E-state index in [1.165, 1.54) is 11.1 Å². The van der Waals surface area contributed by atoms with Crippen LogP contribution in [0, 0.1) is 13.8 Å². The number of fused-ring (bicyclic) bond motifs is 1. The number of carbonyl (C=O) groups is 2. The number of benzene rings is 1. The van der Waals surface area contributed by atoms with Crippen LogP contribution in [0.4, 0.5) is 11.4 Å². The van der Waals surface area contributed by atoms with Gasteiger partial charge in [0.1, 0.15) is 5.69 Å². The second kappa shape index (κ2) is 4.16. The van der Waals surface area contributed by atoms with Crippen molar-refractivity contribution in [1.29, 1.82) is 0 Å². The highest BCUT2D eigenvalue weighted by atomic mass is 16.2. The van der Waals surface area contributed by atoms with Crippen LogP contribution in [-0.4, -0.2) is 16.8 Å². The molecule has 0 atom stereocenters. The third-order valence-corrected chi connectivity index (χ3v) is 3.55. The predicted octanol–water partition coefficient (Wildman–Crippen LogP) is 2.08. The Bertz CT molecular complexity index is 718. The zero-order valence-electron chi connectivity index (χ0n) is 11.2. The minimum atomic E-state index is -0.401. The Kier molecular flexibility index (Phi) is 2.57. The van der Waals surface area contributed by atoms with Gasteiger partial charge in [-0.2, -0.15) is 0 Å². The van der Waals surface area contributed by atoms with Gasteiger partial charge < -0.3 is 5.73 Å². The maximum absolute atomic E-state index is 12.4. The summed E-state index contributed by atoms with van der Waals surface area (Å²) in [5.41, 5.74) is 9.07. The molecular weight excluding hydrogens is 254 g/mol. The number of aromatic nitrogens is 1. The number of nitrogens with zero attached hydrogens (tertiary/aromatic N) is 2. The van der Waals surface area contributed by atoms with Gasteiger partial charge in [-0.05, 0) is 43.2 Å². The Morgan fingerprint density at radius 2 is 1.85 bits per heavy atom. The van der Waals surface area contributed by atoms with E-state index in [-0.39, 0.29) is 11.6 Å². The average molecular weight is 267 g/mol. The first kappa shape index (κ1) is 12.3. The molecule has 5 heteroatoms. The normalized spacial score (nSPS) is 13.8. The van der Waals surface area contributed by atoms with Crippen LogP contribution in [-0.2, 0) is 0 Å². The quantitative estimate of drug-likeness (QED) is 0.634. The molecule has 2 heterocycles. The molecule has 0 aliphatic carbocycles. The van der Waals surface area contributed by atoms with E-state index in [1.54, 1.807) is 31.2 Å². The summed E-state index contributed by atoms with van der Waals surface area (Å²) in [6.45, 7) is 3.65. The maximum Gasteiger partial charge on any atom is 0.284 e. The summed E-state index contributed by atoms with van der Waals surface area (Å²) in [5.74, 6) is -0.752. The molecule has 2 N–H and O–H groups in total. The number of carbonyl (C=O) groups excluding carboxylic acids is 2. The van der Waals surface area contributed by atoms with Crippen molar-refractivity contribution in [3.8, 4) is 0 Å². The molecule has 0 bridgehead atoms. The number of imide groups is 1. The van der Waals surface area contributed by atoms with Gasteiger partial charge in [0.25, 0.3) is 11.8 Å². The summed E-state index contributed by atoms with van der Waals surface area (Å²) in [5, 5.41) is 0. The lowest BCUT2D eigenvalue weighted by atomic mass is 10.1. The van der Waals surface area contributed by atoms with Crippen LogP contribution in [0.5, 0.6) is 0 Å². The number of aryl methyl sites for hydroxylation is 1. The summed E-state index contributed by atoms with van der Waals surface area (Å²) < 4.78 is 0. The fourth-order valence-electron chi connectivity index (χ4n) is 2.47. The molecule has 2 amide bonds. The minimum Gasteiger partial charge on any atom is -0.398 e. The molecule has 0 saturated heterocycles. The highest BCUT2D eigenvalue weighted by Gasteiger charge is 2.39. The number of amides is 2. The standard InChI is InChI=1S/C15H13N3O2/c1-8-5-6-11(16)9(2)13(8)18-14(19)10-4-3-7-17-12(10)15(18)20/h3-7H,16H2,1-2H3. The van der Waals surface area contributed by atoms with E-state index in [4.69, 9.17) is 5.73 Å². The van der Waals surface area contributed by atoms with Crippen LogP contribution in [0.2, 0.25) is 0 Å². The molecule has 0 saturated carbocycles. The molecule has 1 aliphatic heterocycles. The summed E-state index contributed by atoms with van der Waals surface area (Å²) in [6.07, 6.45) is 1.51. The first-order valence-corrected chi connectivity index (χ1v) is 6.22. The van der Waals surface area contributed by atoms with Crippen LogP contribution in [0.1, 0.15) is 32.0 Å². The number of pyridine rings is 1. The number of hydrogen-bond donors (Lipinski definition) is 1. The summed E-state index contributed by atoms with van der Waals surface area (Å²) in [7, 11) is 0. The molecule has 1 aromatic heterocycles. The second-order valence-electron chi connectivity index (χ2n) is 4.79. The zero-order valence-corrected chi connectivity index (χ0v) is 11.2. The highest BCUT2D eigenvalue weighted by Crippen LogP contribution is 2.34. The van der Waals surface area contributed by atoms with Gasteiger partial charge in [0.15, 0.2) is 0 Å². The molecule has 3 rings (SSSR count). The number of anilines is 2. The van der Waals surface area contributed by atoms with E-state index in [2.05, 4.69) is 4.98 Å². The largest absolute Gasteiger partial charge is 0.398 e. The molecule has 2 aromatic rings. The molecule has 1 aliphatic rings. The van der Waals surface area contributed by atoms with Gasteiger partial charge in [-0.25, -0.2) is 4.90 Å². The summed E-state index contributed by atoms with van der Waals surface area (Å²) in [4.78, 5) is 30.0. The molecule has 100 valence electrons. The van der Waals surface area contributed by atoms with Crippen molar-refractivity contribution in [2.45, 2.75) is 13.8 Å². The summed E-state index contributed by atoms with van der Waals surface area (Å²) in [6, 6.07) is 6.82. The van der Waals surface area contributed by atoms with Gasteiger partial charge in [-0.3, -0.25) is 14.6 Å². The molecular formula is C15H13N3O2. The van der Waals surface area contributed by atoms with Gasteiger partial charge >= 0.3 is 0 Å². The van der Waals surface area contributed by atoms with Crippen molar-refractivity contribution in [2.75, 3.05) is 10.6 Å². The lowest BCUT2D eigenvalue weighted by Crippen LogP contribution is -2.31. The summed E-state index contributed by atoms with van der Waals surface area (Å²) >= 11 is 0. The monoisotopic (exact) mass is 267 g/mol. The molecule has 1 aromatic carbocycles. The van der Waals surface area contributed by atoms with Gasteiger partial charge in [0.05, 0.1) is 11.3 Å². The van der Waals surface area contributed by atoms with Crippen LogP contribution >= 0.6 is 0 Å². The van der Waals surface area contributed by atoms with E-state index in [1.807, 2.05) is 6.92 Å². The molecule has 0 spiro atoms. The van der Waals surface area contributed by atoms with Gasteiger partial charge in [-0.1, -0.05) is 6.07 Å². The van der Waals surface area contributed by atoms with E-state index in [0.29, 0.717) is 16.9 Å². The van der Waals surface area contributed by atoms with Crippen LogP contribution in [0.3, 0.4) is 0 Å². The third kappa shape index (κ3) is 1.53. The van der Waals surface area contributed by atoms with Gasteiger partial charge in [-0.15, -0.1) is 0 Å². The molecule has 5 nitrogen and oxygen atoms in total. The predicted molar refractivity (Wildman–Crippen MR) is 75.7 cm³/mol. The van der Waals surface area contributed by atoms with Crippen molar-refractivity contribution in [1.82, 2.24) is 4.98 Å². The van der Waals surface area contributed by atoms with E-state index >= 15 is 0 Å². The molecule has 0 fully saturated rings. The Labute approximate surface area is 116 Å². The van der Waals surface area contributed by atoms with Crippen LogP contribution < -0.4 is 10.6 Å². The van der Waals surface area contributed by atoms with Crippen LogP contribution in [0.25, 0.3) is 0 Å². The SMILES string of the molecule is Cc1ccc(N)c(C)c1N1C(=O)c2cccnc2C1=O. The Balaban J connectivity index is 2.22. The zero-order chi connectivity index (χ0) is 14.4. The van der Waals surface area contributed by atoms with E-state index in [9.17, 15) is 9.59 Å². The average Bonchev–Trinajstić information content (AvgIpc) is 2.69. The second-order valence-corrected chi connectivity index (χ2v) is 4.79. The first-order valence-electron chi connectivity index (χ1n) is 6.22. The highest BCUT2D eigenvalue weighted by molar-refractivity contribution is 6.34.